The summed E-state index contributed by atoms with van der Waals surface area (Å²) in [7, 11) is -2.26. The van der Waals surface area contributed by atoms with Crippen LogP contribution in [0.25, 0.3) is 5.69 Å². The van der Waals surface area contributed by atoms with Gasteiger partial charge >= 0.3 is 0 Å². The Kier molecular flexibility index (Phi) is 7.41. The summed E-state index contributed by atoms with van der Waals surface area (Å²) in [5.74, 6) is -0.401. The number of hydrogen-bond donors (Lipinski definition) is 1. The highest BCUT2D eigenvalue weighted by Crippen LogP contribution is 2.24. The highest BCUT2D eigenvalue weighted by Gasteiger charge is 2.29. The van der Waals surface area contributed by atoms with Crippen LogP contribution in [0.1, 0.15) is 23.9 Å². The number of nitrogens with one attached hydrogen (secondary N) is 1. The van der Waals surface area contributed by atoms with Crippen molar-refractivity contribution in [3.8, 4) is 11.4 Å². The summed E-state index contributed by atoms with van der Waals surface area (Å²) in [5, 5.41) is 4.01. The lowest BCUT2D eigenvalue weighted by molar-refractivity contribution is -0.121. The van der Waals surface area contributed by atoms with E-state index in [0.29, 0.717) is 22.7 Å². The van der Waals surface area contributed by atoms with Crippen molar-refractivity contribution in [2.24, 2.45) is 5.10 Å². The Balaban J connectivity index is 1.79. The highest BCUT2D eigenvalue weighted by molar-refractivity contribution is 7.92. The van der Waals surface area contributed by atoms with Gasteiger partial charge in [0.15, 0.2) is 0 Å². The molecule has 34 heavy (non-hydrogen) atoms. The average Bonchev–Trinajstić information content (AvgIpc) is 3.06. The molecule has 0 spiro atoms. The van der Waals surface area contributed by atoms with Crippen molar-refractivity contribution in [2.45, 2.75) is 26.8 Å². The maximum atomic E-state index is 14.3. The molecule has 1 unspecified atom stereocenters. The lowest BCUT2D eigenvalue weighted by Crippen LogP contribution is -2.46. The maximum absolute atomic E-state index is 14.3. The molecule has 3 rings (SSSR count). The molecule has 0 bridgehead atoms. The van der Waals surface area contributed by atoms with Crippen LogP contribution in [0.4, 0.5) is 10.1 Å². The van der Waals surface area contributed by atoms with Gasteiger partial charge in [0, 0.05) is 17.0 Å². The van der Waals surface area contributed by atoms with Gasteiger partial charge in [0.2, 0.25) is 10.0 Å². The first kappa shape index (κ1) is 25.0. The Hall–Kier alpha value is -3.66. The van der Waals surface area contributed by atoms with Crippen LogP contribution in [0.5, 0.6) is 5.75 Å². The molecule has 1 amide bonds. The number of ether oxygens (including phenoxy) is 1. The van der Waals surface area contributed by atoms with E-state index in [9.17, 15) is 17.6 Å². The molecule has 1 aromatic heterocycles. The molecule has 0 aliphatic rings. The number of aryl methyl sites for hydroxylation is 1. The predicted molar refractivity (Wildman–Crippen MR) is 131 cm³/mol. The fourth-order valence-electron chi connectivity index (χ4n) is 3.72. The van der Waals surface area contributed by atoms with Crippen LogP contribution in [-0.2, 0) is 14.8 Å². The van der Waals surface area contributed by atoms with Crippen LogP contribution in [0.2, 0.25) is 0 Å². The summed E-state index contributed by atoms with van der Waals surface area (Å²) in [6.07, 6.45) is 2.48. The number of nitrogens with zero attached hydrogens (tertiary/aromatic N) is 3. The average molecular weight is 487 g/mol. The fraction of sp³-hybridized carbons (Fsp3) is 0.250. The van der Waals surface area contributed by atoms with Crippen molar-refractivity contribution in [1.29, 1.82) is 0 Å². The Morgan fingerprint density at radius 1 is 1.18 bits per heavy atom. The van der Waals surface area contributed by atoms with E-state index in [1.807, 2.05) is 19.9 Å². The minimum Gasteiger partial charge on any atom is -0.497 e. The molecule has 3 aromatic rings. The first-order valence-corrected chi connectivity index (χ1v) is 12.3. The molecule has 0 saturated carbocycles. The largest absolute Gasteiger partial charge is 0.497 e. The van der Waals surface area contributed by atoms with Crippen LogP contribution in [-0.4, -0.2) is 44.5 Å². The number of amides is 1. The van der Waals surface area contributed by atoms with E-state index < -0.39 is 22.0 Å². The van der Waals surface area contributed by atoms with Crippen molar-refractivity contribution in [3.63, 3.8) is 0 Å². The number of carbonyl (C=O) groups excluding carboxylic acids is 1. The number of hydrazone groups is 1. The number of benzene rings is 2. The smallest absolute Gasteiger partial charge is 0.263 e. The van der Waals surface area contributed by atoms with E-state index in [-0.39, 0.29) is 5.82 Å². The first-order chi connectivity index (χ1) is 16.0. The third-order valence-corrected chi connectivity index (χ3v) is 6.60. The zero-order valence-corrected chi connectivity index (χ0v) is 20.4. The van der Waals surface area contributed by atoms with Crippen molar-refractivity contribution in [1.82, 2.24) is 9.99 Å². The Morgan fingerprint density at radius 3 is 2.41 bits per heavy atom. The Morgan fingerprint density at radius 2 is 1.82 bits per heavy atom. The standard InChI is InChI=1S/C24H27FN4O4S/c1-16-14-19(17(2)28(16)23-9-7-6-8-22(23)25)15-26-27-24(30)18(3)29(34(5,31)32)20-10-12-21(33-4)13-11-20/h6-15,18H,1-5H3,(H,27,30). The van der Waals surface area contributed by atoms with E-state index in [4.69, 9.17) is 4.74 Å². The van der Waals surface area contributed by atoms with E-state index >= 15 is 0 Å². The van der Waals surface area contributed by atoms with Crippen LogP contribution in [0.3, 0.4) is 0 Å². The summed E-state index contributed by atoms with van der Waals surface area (Å²) in [4.78, 5) is 12.7. The number of para-hydroxylation sites is 1. The molecule has 0 saturated heterocycles. The SMILES string of the molecule is COc1ccc(N(C(C)C(=O)NN=Cc2cc(C)n(-c3ccccc3F)c2C)S(C)(=O)=O)cc1. The van der Waals surface area contributed by atoms with Gasteiger partial charge < -0.3 is 9.30 Å². The number of rotatable bonds is 8. The zero-order valence-electron chi connectivity index (χ0n) is 19.6. The maximum Gasteiger partial charge on any atom is 0.263 e. The second kappa shape index (κ2) is 10.1. The number of halogens is 1. The first-order valence-electron chi connectivity index (χ1n) is 10.4. The van der Waals surface area contributed by atoms with Gasteiger partial charge in [0.1, 0.15) is 17.6 Å². The van der Waals surface area contributed by atoms with Gasteiger partial charge in [-0.15, -0.1) is 0 Å². The van der Waals surface area contributed by atoms with Gasteiger partial charge in [0.25, 0.3) is 5.91 Å². The van der Waals surface area contributed by atoms with Crippen LogP contribution >= 0.6 is 0 Å². The molecule has 180 valence electrons. The fourth-order valence-corrected chi connectivity index (χ4v) is 4.89. The topological polar surface area (TPSA) is 93.0 Å². The number of sulfonamides is 1. The molecule has 0 aliphatic carbocycles. The summed E-state index contributed by atoms with van der Waals surface area (Å²) >= 11 is 0. The molecular weight excluding hydrogens is 459 g/mol. The lowest BCUT2D eigenvalue weighted by Gasteiger charge is -2.27. The normalized spacial score (nSPS) is 12.5. The monoisotopic (exact) mass is 486 g/mol. The molecule has 1 atom stereocenters. The number of methoxy groups -OCH3 is 1. The van der Waals surface area contributed by atoms with E-state index in [1.54, 1.807) is 47.0 Å². The third kappa shape index (κ3) is 5.28. The molecule has 2 aromatic carbocycles. The minimum atomic E-state index is -3.76. The molecular formula is C24H27FN4O4S. The Bertz CT molecular complexity index is 1320. The molecule has 8 nitrogen and oxygen atoms in total. The molecule has 10 heteroatoms. The number of carbonyl (C=O) groups is 1. The lowest BCUT2D eigenvalue weighted by atomic mass is 10.2. The summed E-state index contributed by atoms with van der Waals surface area (Å²) < 4.78 is 47.0. The molecule has 0 radical (unpaired) electrons. The highest BCUT2D eigenvalue weighted by atomic mass is 32.2. The van der Waals surface area contributed by atoms with Gasteiger partial charge in [-0.3, -0.25) is 9.10 Å². The van der Waals surface area contributed by atoms with E-state index in [1.165, 1.54) is 26.3 Å². The van der Waals surface area contributed by atoms with E-state index in [2.05, 4.69) is 10.5 Å². The molecule has 0 fully saturated rings. The van der Waals surface area contributed by atoms with Gasteiger partial charge in [-0.05, 0) is 63.2 Å². The Labute approximate surface area is 198 Å². The van der Waals surface area contributed by atoms with Crippen LogP contribution in [0.15, 0.2) is 59.7 Å². The summed E-state index contributed by atoms with van der Waals surface area (Å²) in [5.41, 5.74) is 5.36. The number of hydrogen-bond acceptors (Lipinski definition) is 5. The quantitative estimate of drug-likeness (QED) is 0.389. The second-order valence-electron chi connectivity index (χ2n) is 7.78. The van der Waals surface area contributed by atoms with Crippen LogP contribution in [0, 0.1) is 19.7 Å². The second-order valence-corrected chi connectivity index (χ2v) is 9.64. The van der Waals surface area contributed by atoms with Crippen molar-refractivity contribution in [2.75, 3.05) is 17.7 Å². The van der Waals surface area contributed by atoms with E-state index in [0.717, 1.165) is 21.9 Å². The molecule has 1 N–H and O–H groups in total. The number of aromatic nitrogens is 1. The van der Waals surface area contributed by atoms with Gasteiger partial charge in [-0.1, -0.05) is 12.1 Å². The van der Waals surface area contributed by atoms with Gasteiger partial charge in [-0.2, -0.15) is 5.10 Å². The zero-order chi connectivity index (χ0) is 25.0. The van der Waals surface area contributed by atoms with Crippen LogP contribution < -0.4 is 14.5 Å². The van der Waals surface area contributed by atoms with Crippen molar-refractivity contribution >= 4 is 27.8 Å². The summed E-state index contributed by atoms with van der Waals surface area (Å²) in [6.45, 7) is 5.14. The van der Waals surface area contributed by atoms with Gasteiger partial charge in [0.05, 0.1) is 31.0 Å². The third-order valence-electron chi connectivity index (χ3n) is 5.36. The minimum absolute atomic E-state index is 0.323. The van der Waals surface area contributed by atoms with Crippen molar-refractivity contribution in [3.05, 3.63) is 77.4 Å². The predicted octanol–water partition coefficient (Wildman–Crippen LogP) is 3.55. The molecule has 1 heterocycles. The van der Waals surface area contributed by atoms with Crippen molar-refractivity contribution < 1.29 is 22.3 Å². The number of anilines is 1. The summed E-state index contributed by atoms with van der Waals surface area (Å²) in [6, 6.07) is 13.5. The molecule has 0 aliphatic heterocycles. The van der Waals surface area contributed by atoms with Gasteiger partial charge in [-0.25, -0.2) is 18.2 Å².